The van der Waals surface area contributed by atoms with E-state index in [2.05, 4.69) is 10.3 Å². The van der Waals surface area contributed by atoms with Crippen LogP contribution in [0.2, 0.25) is 0 Å². The van der Waals surface area contributed by atoms with Crippen molar-refractivity contribution in [1.29, 1.82) is 0 Å². The third-order valence-corrected chi connectivity index (χ3v) is 5.42. The van der Waals surface area contributed by atoms with Crippen molar-refractivity contribution in [2.75, 3.05) is 31.1 Å². The molecule has 3 heterocycles. The van der Waals surface area contributed by atoms with Crippen LogP contribution in [0.5, 0.6) is 0 Å². The lowest BCUT2D eigenvalue weighted by Gasteiger charge is -2.33. The first-order valence-corrected chi connectivity index (χ1v) is 9.82. The summed E-state index contributed by atoms with van der Waals surface area (Å²) in [6, 6.07) is 0.395. The molecule has 2 aromatic rings. The number of nitrogens with one attached hydrogen (secondary N) is 1. The van der Waals surface area contributed by atoms with Crippen LogP contribution in [0.4, 0.5) is 10.2 Å². The third kappa shape index (κ3) is 3.15. The van der Waals surface area contributed by atoms with Crippen LogP contribution in [0.25, 0.3) is 11.0 Å². The lowest BCUT2D eigenvalue weighted by Crippen LogP contribution is -2.50. The number of pyridine rings is 2. The van der Waals surface area contributed by atoms with Gasteiger partial charge in [0.1, 0.15) is 11.2 Å². The highest BCUT2D eigenvalue weighted by atomic mass is 19.1. The highest BCUT2D eigenvalue weighted by molar-refractivity contribution is 5.94. The Kier molecular flexibility index (Phi) is 4.82. The molecule has 0 radical (unpaired) electrons. The molecule has 1 saturated heterocycles. The number of fused-ring (bicyclic) bond motifs is 1. The minimum atomic E-state index is -0.677. The number of halogens is 1. The van der Waals surface area contributed by atoms with Gasteiger partial charge in [-0.15, -0.1) is 0 Å². The van der Waals surface area contributed by atoms with Crippen molar-refractivity contribution in [3.63, 3.8) is 0 Å². The third-order valence-electron chi connectivity index (χ3n) is 5.42. The number of piperazine rings is 1. The molecule has 0 bridgehead atoms. The van der Waals surface area contributed by atoms with Gasteiger partial charge in [0.15, 0.2) is 11.6 Å². The number of nitrogens with zero attached hydrogens (tertiary/aromatic N) is 3. The molecule has 1 atom stereocenters. The van der Waals surface area contributed by atoms with E-state index in [9.17, 15) is 9.59 Å². The molecule has 1 aliphatic carbocycles. The smallest absolute Gasteiger partial charge is 0.343 e. The van der Waals surface area contributed by atoms with E-state index >= 15 is 4.39 Å². The quantitative estimate of drug-likeness (QED) is 0.809. The molecule has 7 nitrogen and oxygen atoms in total. The monoisotopic (exact) mass is 388 g/mol. The molecule has 4 rings (SSSR count). The van der Waals surface area contributed by atoms with E-state index in [4.69, 9.17) is 4.74 Å². The van der Waals surface area contributed by atoms with Crippen molar-refractivity contribution >= 4 is 22.8 Å². The maximum absolute atomic E-state index is 15.3. The summed E-state index contributed by atoms with van der Waals surface area (Å²) in [4.78, 5) is 31.8. The Hall–Kier alpha value is -2.48. The van der Waals surface area contributed by atoms with Crippen molar-refractivity contribution in [2.24, 2.45) is 0 Å². The maximum atomic E-state index is 15.3. The van der Waals surface area contributed by atoms with Crippen molar-refractivity contribution in [3.05, 3.63) is 33.4 Å². The Balaban J connectivity index is 1.94. The largest absolute Gasteiger partial charge is 0.462 e. The van der Waals surface area contributed by atoms with E-state index in [1.165, 1.54) is 6.20 Å². The van der Waals surface area contributed by atoms with Gasteiger partial charge < -0.3 is 19.5 Å². The number of carbonyl (C=O) groups is 1. The lowest BCUT2D eigenvalue weighted by atomic mass is 10.1. The second kappa shape index (κ2) is 7.16. The Labute approximate surface area is 162 Å². The van der Waals surface area contributed by atoms with E-state index in [0.717, 1.165) is 19.4 Å². The van der Waals surface area contributed by atoms with E-state index in [1.54, 1.807) is 13.8 Å². The summed E-state index contributed by atoms with van der Waals surface area (Å²) >= 11 is 0. The van der Waals surface area contributed by atoms with Gasteiger partial charge in [0.25, 0.3) is 0 Å². The van der Waals surface area contributed by atoms with Crippen LogP contribution in [0.1, 0.15) is 48.7 Å². The van der Waals surface area contributed by atoms with Gasteiger partial charge in [-0.3, -0.25) is 4.79 Å². The number of esters is 1. The molecular weight excluding hydrogens is 363 g/mol. The summed E-state index contributed by atoms with van der Waals surface area (Å²) in [7, 11) is 0. The topological polar surface area (TPSA) is 76.5 Å². The predicted octanol–water partition coefficient (Wildman–Crippen LogP) is 2.15. The van der Waals surface area contributed by atoms with Crippen LogP contribution in [0.15, 0.2) is 11.0 Å². The molecular formula is C20H25FN4O3. The number of hydrogen-bond donors (Lipinski definition) is 1. The average Bonchev–Trinajstić information content (AvgIpc) is 3.49. The summed E-state index contributed by atoms with van der Waals surface area (Å²) in [5, 5.41) is 3.50. The van der Waals surface area contributed by atoms with Gasteiger partial charge in [-0.1, -0.05) is 0 Å². The highest BCUT2D eigenvalue weighted by Gasteiger charge is 2.31. The number of ether oxygens (including phenoxy) is 1. The maximum Gasteiger partial charge on any atom is 0.343 e. The number of anilines is 1. The Morgan fingerprint density at radius 3 is 2.82 bits per heavy atom. The van der Waals surface area contributed by atoms with Crippen molar-refractivity contribution in [2.45, 2.75) is 45.7 Å². The van der Waals surface area contributed by atoms with Crippen LogP contribution in [-0.4, -0.2) is 47.8 Å². The standard InChI is InChI=1S/C20H25FN4O3/c1-4-28-20(27)14-10-25(13-5-6-13)18-15(17(14)26)12(3)16(21)19(23-18)24-8-7-22-11(2)9-24/h10-11,13,22H,4-9H2,1-3H3. The molecule has 0 amide bonds. The first-order chi connectivity index (χ1) is 13.4. The molecule has 0 spiro atoms. The van der Waals surface area contributed by atoms with Gasteiger partial charge >= 0.3 is 5.97 Å². The Bertz CT molecular complexity index is 999. The van der Waals surface area contributed by atoms with Gasteiger partial charge in [0.05, 0.1) is 12.0 Å². The normalized spacial score (nSPS) is 19.9. The summed E-state index contributed by atoms with van der Waals surface area (Å²) in [6.07, 6.45) is 3.42. The zero-order valence-electron chi connectivity index (χ0n) is 16.4. The highest BCUT2D eigenvalue weighted by Crippen LogP contribution is 2.38. The van der Waals surface area contributed by atoms with Crippen LogP contribution >= 0.6 is 0 Å². The van der Waals surface area contributed by atoms with Gasteiger partial charge in [-0.05, 0) is 33.6 Å². The molecule has 2 aromatic heterocycles. The van der Waals surface area contributed by atoms with Crippen LogP contribution < -0.4 is 15.6 Å². The van der Waals surface area contributed by atoms with Gasteiger partial charge in [0, 0.05) is 43.5 Å². The van der Waals surface area contributed by atoms with Crippen molar-refractivity contribution < 1.29 is 13.9 Å². The van der Waals surface area contributed by atoms with E-state index < -0.39 is 17.2 Å². The number of aryl methyl sites for hydroxylation is 1. The van der Waals surface area contributed by atoms with E-state index in [0.29, 0.717) is 18.7 Å². The van der Waals surface area contributed by atoms with Crippen molar-refractivity contribution in [3.8, 4) is 0 Å². The number of rotatable bonds is 4. The number of carbonyl (C=O) groups excluding carboxylic acids is 1. The molecule has 150 valence electrons. The fourth-order valence-electron chi connectivity index (χ4n) is 3.82. The predicted molar refractivity (Wildman–Crippen MR) is 105 cm³/mol. The van der Waals surface area contributed by atoms with Crippen molar-refractivity contribution in [1.82, 2.24) is 14.9 Å². The molecule has 28 heavy (non-hydrogen) atoms. The lowest BCUT2D eigenvalue weighted by molar-refractivity contribution is 0.0524. The molecule has 8 heteroatoms. The zero-order chi connectivity index (χ0) is 20.0. The molecule has 1 unspecified atom stereocenters. The van der Waals surface area contributed by atoms with E-state index in [1.807, 2.05) is 16.4 Å². The summed E-state index contributed by atoms with van der Waals surface area (Å²) < 4.78 is 22.1. The SMILES string of the molecule is CCOC(=O)c1cn(C2CC2)c2nc(N3CCNC(C)C3)c(F)c(C)c2c1=O. The molecule has 1 aliphatic heterocycles. The van der Waals surface area contributed by atoms with Crippen LogP contribution in [0, 0.1) is 12.7 Å². The fraction of sp³-hybridized carbons (Fsp3) is 0.550. The van der Waals surface area contributed by atoms with Gasteiger partial charge in [-0.2, -0.15) is 0 Å². The second-order valence-corrected chi connectivity index (χ2v) is 7.60. The Morgan fingerprint density at radius 2 is 2.18 bits per heavy atom. The van der Waals surface area contributed by atoms with E-state index in [-0.39, 0.29) is 41.0 Å². The minimum Gasteiger partial charge on any atom is -0.462 e. The fourth-order valence-corrected chi connectivity index (χ4v) is 3.82. The molecule has 2 fully saturated rings. The summed E-state index contributed by atoms with van der Waals surface area (Å²) in [5.74, 6) is -0.901. The summed E-state index contributed by atoms with van der Waals surface area (Å²) in [5.41, 5.74) is 0.0981. The number of aromatic nitrogens is 2. The van der Waals surface area contributed by atoms with Crippen LogP contribution in [0.3, 0.4) is 0 Å². The Morgan fingerprint density at radius 1 is 1.43 bits per heavy atom. The van der Waals surface area contributed by atoms with Gasteiger partial charge in [-0.25, -0.2) is 14.2 Å². The zero-order valence-corrected chi connectivity index (χ0v) is 16.4. The molecule has 2 aliphatic rings. The van der Waals surface area contributed by atoms with Crippen LogP contribution in [-0.2, 0) is 4.74 Å². The average molecular weight is 388 g/mol. The first kappa shape index (κ1) is 18.9. The first-order valence-electron chi connectivity index (χ1n) is 9.82. The molecule has 1 saturated carbocycles. The number of hydrogen-bond acceptors (Lipinski definition) is 6. The summed E-state index contributed by atoms with van der Waals surface area (Å²) in [6.45, 7) is 7.52. The second-order valence-electron chi connectivity index (χ2n) is 7.60. The minimum absolute atomic E-state index is 0.0610. The van der Waals surface area contributed by atoms with Gasteiger partial charge in [0.2, 0.25) is 5.43 Å². The molecule has 1 N–H and O–H groups in total. The molecule has 0 aromatic carbocycles.